The van der Waals surface area contributed by atoms with Gasteiger partial charge >= 0.3 is 5.97 Å². The highest BCUT2D eigenvalue weighted by Gasteiger charge is 2.17. The van der Waals surface area contributed by atoms with Crippen LogP contribution in [0, 0.1) is 0 Å². The number of nitrogens with zero attached hydrogens (tertiary/aromatic N) is 1. The topological polar surface area (TPSA) is 39.2 Å². The number of thiazole rings is 1. The van der Waals surface area contributed by atoms with E-state index in [2.05, 4.69) is 17.6 Å². The quantitative estimate of drug-likeness (QED) is 0.684. The zero-order chi connectivity index (χ0) is 12.3. The first-order valence-corrected chi connectivity index (χ1v) is 6.41. The summed E-state index contributed by atoms with van der Waals surface area (Å²) in [6.45, 7) is 2.10. The van der Waals surface area contributed by atoms with Crippen LogP contribution >= 0.6 is 24.0 Å². The van der Waals surface area contributed by atoms with Crippen molar-refractivity contribution >= 4 is 29.9 Å². The molecule has 1 heterocycles. The van der Waals surface area contributed by atoms with Gasteiger partial charge in [0.2, 0.25) is 0 Å². The zero-order valence-corrected chi connectivity index (χ0v) is 10.9. The molecule has 0 aliphatic rings. The Morgan fingerprint density at radius 1 is 1.41 bits per heavy atom. The fraction of sp³-hybridized carbons (Fsp3) is 0.167. The fourth-order valence-electron chi connectivity index (χ4n) is 1.35. The van der Waals surface area contributed by atoms with Gasteiger partial charge in [-0.2, -0.15) is 0 Å². The monoisotopic (exact) mass is 265 g/mol. The van der Waals surface area contributed by atoms with Crippen LogP contribution in [0.1, 0.15) is 17.4 Å². The van der Waals surface area contributed by atoms with Gasteiger partial charge < -0.3 is 4.74 Å². The fourth-order valence-corrected chi connectivity index (χ4v) is 2.55. The molecule has 2 rings (SSSR count). The molecule has 0 fully saturated rings. The van der Waals surface area contributed by atoms with Gasteiger partial charge in [-0.25, -0.2) is 9.78 Å². The lowest BCUT2D eigenvalue weighted by atomic mass is 10.2. The van der Waals surface area contributed by atoms with Crippen molar-refractivity contribution in [1.29, 1.82) is 0 Å². The minimum absolute atomic E-state index is 0.291. The van der Waals surface area contributed by atoms with Crippen LogP contribution in [0.25, 0.3) is 10.6 Å². The zero-order valence-electron chi connectivity index (χ0n) is 9.21. The van der Waals surface area contributed by atoms with Gasteiger partial charge in [0.1, 0.15) is 5.01 Å². The third-order valence-corrected chi connectivity index (χ3v) is 3.49. The van der Waals surface area contributed by atoms with Crippen molar-refractivity contribution in [3.05, 3.63) is 36.0 Å². The Kier molecular flexibility index (Phi) is 3.81. The Morgan fingerprint density at radius 2 is 2.12 bits per heavy atom. The first kappa shape index (κ1) is 12.1. The maximum absolute atomic E-state index is 11.6. The molecule has 0 aliphatic heterocycles. The maximum atomic E-state index is 11.6. The van der Waals surface area contributed by atoms with Crippen LogP contribution in [-0.2, 0) is 4.74 Å². The molecule has 0 spiro atoms. The summed E-state index contributed by atoms with van der Waals surface area (Å²) >= 11 is 5.63. The molecule has 0 saturated carbocycles. The van der Waals surface area contributed by atoms with E-state index < -0.39 is 5.97 Å². The molecule has 3 nitrogen and oxygen atoms in total. The van der Waals surface area contributed by atoms with Gasteiger partial charge in [-0.05, 0) is 6.92 Å². The number of carbonyl (C=O) groups excluding carboxylic acids is 1. The van der Waals surface area contributed by atoms with Crippen molar-refractivity contribution in [2.45, 2.75) is 11.1 Å². The summed E-state index contributed by atoms with van der Waals surface area (Å²) in [5, 5.41) is 0.777. The van der Waals surface area contributed by atoms with Crippen molar-refractivity contribution in [2.24, 2.45) is 0 Å². The van der Waals surface area contributed by atoms with Crippen molar-refractivity contribution < 1.29 is 9.53 Å². The molecule has 0 N–H and O–H groups in total. The molecule has 1 aromatic carbocycles. The normalized spacial score (nSPS) is 10.2. The number of ether oxygens (including phenoxy) is 1. The maximum Gasteiger partial charge on any atom is 0.359 e. The molecule has 0 aliphatic carbocycles. The van der Waals surface area contributed by atoms with Gasteiger partial charge in [0.15, 0.2) is 5.69 Å². The van der Waals surface area contributed by atoms with E-state index >= 15 is 0 Å². The minimum atomic E-state index is -0.420. The molecule has 0 bridgehead atoms. The molecule has 0 atom stereocenters. The van der Waals surface area contributed by atoms with E-state index in [9.17, 15) is 4.79 Å². The van der Waals surface area contributed by atoms with Crippen LogP contribution < -0.4 is 0 Å². The number of hydrogen-bond donors (Lipinski definition) is 1. The molecule has 88 valence electrons. The lowest BCUT2D eigenvalue weighted by Gasteiger charge is -1.97. The van der Waals surface area contributed by atoms with E-state index in [4.69, 9.17) is 4.74 Å². The Morgan fingerprint density at radius 3 is 2.76 bits per heavy atom. The van der Waals surface area contributed by atoms with E-state index in [0.29, 0.717) is 16.5 Å². The summed E-state index contributed by atoms with van der Waals surface area (Å²) in [6.07, 6.45) is 0. The highest BCUT2D eigenvalue weighted by atomic mass is 32.2. The molecule has 0 radical (unpaired) electrons. The van der Waals surface area contributed by atoms with Gasteiger partial charge in [-0.15, -0.1) is 24.0 Å². The van der Waals surface area contributed by atoms with Gasteiger partial charge in [-0.1, -0.05) is 30.3 Å². The Bertz CT molecular complexity index is 523. The first-order chi connectivity index (χ1) is 8.22. The van der Waals surface area contributed by atoms with Crippen molar-refractivity contribution in [1.82, 2.24) is 4.98 Å². The summed E-state index contributed by atoms with van der Waals surface area (Å²) in [5.74, 6) is -0.420. The summed E-state index contributed by atoms with van der Waals surface area (Å²) in [4.78, 5) is 15.8. The summed E-state index contributed by atoms with van der Waals surface area (Å²) in [7, 11) is 0. The number of hydrogen-bond acceptors (Lipinski definition) is 5. The van der Waals surface area contributed by atoms with Crippen LogP contribution in [0.15, 0.2) is 34.5 Å². The molecule has 0 amide bonds. The SMILES string of the molecule is CCOC(=O)c1nc(-c2ccccc2)sc1S. The van der Waals surface area contributed by atoms with Gasteiger partial charge in [-0.3, -0.25) is 0 Å². The van der Waals surface area contributed by atoms with Crippen molar-refractivity contribution in [2.75, 3.05) is 6.61 Å². The van der Waals surface area contributed by atoms with Gasteiger partial charge in [0, 0.05) is 5.56 Å². The van der Waals surface area contributed by atoms with E-state index in [-0.39, 0.29) is 0 Å². The lowest BCUT2D eigenvalue weighted by molar-refractivity contribution is 0.0516. The molecule has 5 heteroatoms. The second-order valence-electron chi connectivity index (χ2n) is 3.26. The van der Waals surface area contributed by atoms with Crippen LogP contribution in [0.5, 0.6) is 0 Å². The number of thiol groups is 1. The van der Waals surface area contributed by atoms with E-state index in [1.54, 1.807) is 6.92 Å². The smallest absolute Gasteiger partial charge is 0.359 e. The van der Waals surface area contributed by atoms with E-state index in [1.165, 1.54) is 11.3 Å². The highest BCUT2D eigenvalue weighted by molar-refractivity contribution is 7.83. The van der Waals surface area contributed by atoms with Crippen LogP contribution in [0.2, 0.25) is 0 Å². The average Bonchev–Trinajstić information content (AvgIpc) is 2.73. The van der Waals surface area contributed by atoms with Crippen molar-refractivity contribution in [3.63, 3.8) is 0 Å². The highest BCUT2D eigenvalue weighted by Crippen LogP contribution is 2.30. The van der Waals surface area contributed by atoms with Crippen LogP contribution in [0.3, 0.4) is 0 Å². The predicted molar refractivity (Wildman–Crippen MR) is 70.8 cm³/mol. The third-order valence-electron chi connectivity index (χ3n) is 2.10. The number of rotatable bonds is 3. The Hall–Kier alpha value is -1.33. The number of aromatic nitrogens is 1. The first-order valence-electron chi connectivity index (χ1n) is 5.14. The molecule has 17 heavy (non-hydrogen) atoms. The lowest BCUT2D eigenvalue weighted by Crippen LogP contribution is -2.05. The number of esters is 1. The minimum Gasteiger partial charge on any atom is -0.461 e. The number of benzene rings is 1. The molecule has 0 unspecified atom stereocenters. The number of carbonyl (C=O) groups is 1. The van der Waals surface area contributed by atoms with Crippen LogP contribution in [0.4, 0.5) is 0 Å². The second kappa shape index (κ2) is 5.33. The largest absolute Gasteiger partial charge is 0.461 e. The average molecular weight is 265 g/mol. The summed E-state index contributed by atoms with van der Waals surface area (Å²) < 4.78 is 5.50. The summed E-state index contributed by atoms with van der Waals surface area (Å²) in [6, 6.07) is 9.69. The van der Waals surface area contributed by atoms with E-state index in [0.717, 1.165) is 10.6 Å². The predicted octanol–water partition coefficient (Wildman–Crippen LogP) is 3.28. The molecule has 1 aromatic heterocycles. The summed E-state index contributed by atoms with van der Waals surface area (Å²) in [5.41, 5.74) is 1.27. The molecule has 2 aromatic rings. The standard InChI is InChI=1S/C12H11NO2S2/c1-2-15-11(14)9-12(16)17-10(13-9)8-6-4-3-5-7-8/h3-7,16H,2H2,1H3. The third kappa shape index (κ3) is 2.68. The van der Waals surface area contributed by atoms with Crippen LogP contribution in [-0.4, -0.2) is 17.6 Å². The Labute approximate surface area is 109 Å². The molecular formula is C12H11NO2S2. The molecule has 0 saturated heterocycles. The van der Waals surface area contributed by atoms with Gasteiger partial charge in [0.05, 0.1) is 10.8 Å². The van der Waals surface area contributed by atoms with Crippen molar-refractivity contribution in [3.8, 4) is 10.6 Å². The van der Waals surface area contributed by atoms with Gasteiger partial charge in [0.25, 0.3) is 0 Å². The molecular weight excluding hydrogens is 254 g/mol. The Balaban J connectivity index is 2.34. The van der Waals surface area contributed by atoms with E-state index in [1.807, 2.05) is 30.3 Å². The second-order valence-corrected chi connectivity index (χ2v) is 5.01.